The van der Waals surface area contributed by atoms with Gasteiger partial charge in [-0.25, -0.2) is 0 Å². The predicted molar refractivity (Wildman–Crippen MR) is 79.0 cm³/mol. The largest absolute Gasteiger partial charge is 0.573 e. The molecule has 0 spiro atoms. The molecule has 0 heterocycles. The van der Waals surface area contributed by atoms with Gasteiger partial charge in [-0.2, -0.15) is 0 Å². The second-order valence-corrected chi connectivity index (χ2v) is 5.92. The van der Waals surface area contributed by atoms with Gasteiger partial charge in [0.1, 0.15) is 11.9 Å². The van der Waals surface area contributed by atoms with Crippen LogP contribution in [0.15, 0.2) is 51.4 Å². The van der Waals surface area contributed by atoms with Crippen molar-refractivity contribution in [2.75, 3.05) is 0 Å². The zero-order valence-corrected chi connectivity index (χ0v) is 13.5. The fraction of sp³-hybridized carbons (Fsp3) is 0.143. The Morgan fingerprint density at radius 1 is 1.00 bits per heavy atom. The molecule has 1 unspecified atom stereocenters. The summed E-state index contributed by atoms with van der Waals surface area (Å²) in [6, 6.07) is 10.6. The highest BCUT2D eigenvalue weighted by molar-refractivity contribution is 9.11. The second kappa shape index (κ2) is 6.37. The molecule has 2 aromatic rings. The monoisotopic (exact) mass is 424 g/mol. The number of rotatable bonds is 3. The van der Waals surface area contributed by atoms with Crippen molar-refractivity contribution < 1.29 is 23.0 Å². The normalized spacial score (nSPS) is 13.0. The van der Waals surface area contributed by atoms with Gasteiger partial charge in [0.2, 0.25) is 0 Å². The molecule has 2 nitrogen and oxygen atoms in total. The van der Waals surface area contributed by atoms with E-state index < -0.39 is 18.2 Å². The Labute approximate surface area is 135 Å². The van der Waals surface area contributed by atoms with Crippen molar-refractivity contribution in [3.05, 3.63) is 62.5 Å². The van der Waals surface area contributed by atoms with Gasteiger partial charge in [-0.05, 0) is 24.3 Å². The molecule has 0 bridgehead atoms. The quantitative estimate of drug-likeness (QED) is 0.733. The molecule has 0 fully saturated rings. The maximum atomic E-state index is 12.4. The van der Waals surface area contributed by atoms with Crippen molar-refractivity contribution in [2.24, 2.45) is 0 Å². The first-order valence-corrected chi connectivity index (χ1v) is 7.34. The summed E-state index contributed by atoms with van der Waals surface area (Å²) >= 11 is 6.53. The number of alkyl halides is 3. The van der Waals surface area contributed by atoms with Crippen molar-refractivity contribution in [1.82, 2.24) is 0 Å². The first kappa shape index (κ1) is 16.3. The third kappa shape index (κ3) is 4.21. The van der Waals surface area contributed by atoms with Gasteiger partial charge in [-0.3, -0.25) is 0 Å². The maximum absolute atomic E-state index is 12.4. The molecule has 0 aliphatic rings. The Morgan fingerprint density at radius 3 is 2.33 bits per heavy atom. The molecule has 112 valence electrons. The van der Waals surface area contributed by atoms with Crippen LogP contribution in [-0.2, 0) is 0 Å². The SMILES string of the molecule is OC(c1cc(Br)ccc1Br)c1ccccc1OC(F)(F)F. The van der Waals surface area contributed by atoms with Crippen molar-refractivity contribution in [3.8, 4) is 5.75 Å². The standard InChI is InChI=1S/C14H9Br2F3O2/c15-8-5-6-11(16)10(7-8)13(20)9-3-1-2-4-12(9)21-14(17,18)19/h1-7,13,20H. The molecule has 0 saturated carbocycles. The van der Waals surface area contributed by atoms with Crippen LogP contribution >= 0.6 is 31.9 Å². The van der Waals surface area contributed by atoms with Crippen molar-refractivity contribution >= 4 is 31.9 Å². The van der Waals surface area contributed by atoms with Crippen molar-refractivity contribution in [1.29, 1.82) is 0 Å². The van der Waals surface area contributed by atoms with Gasteiger partial charge in [-0.15, -0.1) is 13.2 Å². The molecule has 0 amide bonds. The van der Waals surface area contributed by atoms with Crippen LogP contribution in [0.25, 0.3) is 0 Å². The summed E-state index contributed by atoms with van der Waals surface area (Å²) in [5, 5.41) is 10.4. The fourth-order valence-electron chi connectivity index (χ4n) is 1.82. The Balaban J connectivity index is 2.44. The smallest absolute Gasteiger partial charge is 0.405 e. The van der Waals surface area contributed by atoms with E-state index in [0.29, 0.717) is 14.5 Å². The summed E-state index contributed by atoms with van der Waals surface area (Å²) in [4.78, 5) is 0. The number of hydrogen-bond acceptors (Lipinski definition) is 2. The van der Waals surface area contributed by atoms with Gasteiger partial charge >= 0.3 is 6.36 Å². The van der Waals surface area contributed by atoms with E-state index in [4.69, 9.17) is 0 Å². The lowest BCUT2D eigenvalue weighted by Gasteiger charge is -2.18. The van der Waals surface area contributed by atoms with E-state index >= 15 is 0 Å². The van der Waals surface area contributed by atoms with Gasteiger partial charge in [0, 0.05) is 20.1 Å². The van der Waals surface area contributed by atoms with Crippen LogP contribution in [0.1, 0.15) is 17.2 Å². The summed E-state index contributed by atoms with van der Waals surface area (Å²) in [7, 11) is 0. The molecule has 1 atom stereocenters. The number of aliphatic hydroxyl groups is 1. The number of para-hydroxylation sites is 1. The van der Waals surface area contributed by atoms with E-state index in [1.165, 1.54) is 18.2 Å². The lowest BCUT2D eigenvalue weighted by molar-refractivity contribution is -0.275. The van der Waals surface area contributed by atoms with Gasteiger partial charge in [0.15, 0.2) is 0 Å². The van der Waals surface area contributed by atoms with Gasteiger partial charge in [0.25, 0.3) is 0 Å². The molecular formula is C14H9Br2F3O2. The lowest BCUT2D eigenvalue weighted by atomic mass is 10.0. The second-order valence-electron chi connectivity index (χ2n) is 4.15. The zero-order valence-electron chi connectivity index (χ0n) is 10.4. The highest BCUT2D eigenvalue weighted by atomic mass is 79.9. The van der Waals surface area contributed by atoms with Crippen LogP contribution in [0.5, 0.6) is 5.75 Å². The van der Waals surface area contributed by atoms with Crippen molar-refractivity contribution in [3.63, 3.8) is 0 Å². The van der Waals surface area contributed by atoms with E-state index in [0.717, 1.165) is 6.07 Å². The molecule has 0 aromatic heterocycles. The van der Waals surface area contributed by atoms with Crippen LogP contribution in [-0.4, -0.2) is 11.5 Å². The zero-order chi connectivity index (χ0) is 15.6. The molecule has 1 N–H and O–H groups in total. The van der Waals surface area contributed by atoms with Crippen LogP contribution in [0.2, 0.25) is 0 Å². The molecule has 0 aliphatic heterocycles. The first-order chi connectivity index (χ1) is 9.78. The van der Waals surface area contributed by atoms with Crippen LogP contribution < -0.4 is 4.74 Å². The highest BCUT2D eigenvalue weighted by Gasteiger charge is 2.33. The predicted octanol–water partition coefficient (Wildman–Crippen LogP) is 5.19. The Kier molecular flexibility index (Phi) is 4.95. The minimum atomic E-state index is -4.82. The van der Waals surface area contributed by atoms with Gasteiger partial charge in [-0.1, -0.05) is 50.1 Å². The minimum absolute atomic E-state index is 0.0358. The summed E-state index contributed by atoms with van der Waals surface area (Å²) in [5.41, 5.74) is 0.469. The molecule has 7 heteroatoms. The average molecular weight is 426 g/mol. The topological polar surface area (TPSA) is 29.5 Å². The molecule has 0 aliphatic carbocycles. The van der Waals surface area contributed by atoms with E-state index in [9.17, 15) is 18.3 Å². The van der Waals surface area contributed by atoms with Crippen LogP contribution in [0.4, 0.5) is 13.2 Å². The maximum Gasteiger partial charge on any atom is 0.573 e. The molecule has 0 saturated heterocycles. The number of halogens is 5. The van der Waals surface area contributed by atoms with Gasteiger partial charge < -0.3 is 9.84 Å². The first-order valence-electron chi connectivity index (χ1n) is 5.75. The molecule has 21 heavy (non-hydrogen) atoms. The summed E-state index contributed by atoms with van der Waals surface area (Å²) < 4.78 is 42.5. The van der Waals surface area contributed by atoms with Crippen LogP contribution in [0, 0.1) is 0 Å². The van der Waals surface area contributed by atoms with E-state index in [-0.39, 0.29) is 5.56 Å². The fourth-order valence-corrected chi connectivity index (χ4v) is 2.66. The number of ether oxygens (including phenoxy) is 1. The third-order valence-electron chi connectivity index (χ3n) is 2.69. The highest BCUT2D eigenvalue weighted by Crippen LogP contribution is 2.36. The van der Waals surface area contributed by atoms with E-state index in [1.54, 1.807) is 18.2 Å². The Morgan fingerprint density at radius 2 is 1.67 bits per heavy atom. The molecular weight excluding hydrogens is 417 g/mol. The van der Waals surface area contributed by atoms with Gasteiger partial charge in [0.05, 0.1) is 0 Å². The van der Waals surface area contributed by atoms with E-state index in [1.807, 2.05) is 0 Å². The van der Waals surface area contributed by atoms with E-state index in [2.05, 4.69) is 36.6 Å². The Hall–Kier alpha value is -1.05. The third-order valence-corrected chi connectivity index (χ3v) is 3.91. The number of hydrogen-bond donors (Lipinski definition) is 1. The minimum Gasteiger partial charge on any atom is -0.405 e. The number of benzene rings is 2. The van der Waals surface area contributed by atoms with Crippen molar-refractivity contribution in [2.45, 2.75) is 12.5 Å². The number of aliphatic hydroxyl groups excluding tert-OH is 1. The summed E-state index contributed by atoms with van der Waals surface area (Å²) in [6.07, 6.45) is -6.07. The molecule has 2 aromatic carbocycles. The average Bonchev–Trinajstić information content (AvgIpc) is 2.39. The molecule has 0 radical (unpaired) electrons. The molecule has 2 rings (SSSR count). The summed E-state index contributed by atoms with van der Waals surface area (Å²) in [6.45, 7) is 0. The van der Waals surface area contributed by atoms with Crippen LogP contribution in [0.3, 0.4) is 0 Å². The Bertz CT molecular complexity index is 644. The lowest BCUT2D eigenvalue weighted by Crippen LogP contribution is -2.19. The summed E-state index contributed by atoms with van der Waals surface area (Å²) in [5.74, 6) is -0.427.